The fraction of sp³-hybridized carbons (Fsp3) is 0.650. The molecule has 1 heterocycles. The van der Waals surface area contributed by atoms with Gasteiger partial charge in [-0.05, 0) is 58.6 Å². The van der Waals surface area contributed by atoms with Crippen molar-refractivity contribution in [3.63, 3.8) is 0 Å². The predicted molar refractivity (Wildman–Crippen MR) is 98.8 cm³/mol. The van der Waals surface area contributed by atoms with Gasteiger partial charge in [-0.2, -0.15) is 0 Å². The molecule has 2 aliphatic rings. The molecule has 2 fully saturated rings. The third-order valence-electron chi connectivity index (χ3n) is 5.55. The molecule has 0 radical (unpaired) electrons. The minimum Gasteiger partial charge on any atom is -0.444 e. The largest absolute Gasteiger partial charge is 0.444 e. The van der Waals surface area contributed by atoms with Crippen molar-refractivity contribution in [1.29, 1.82) is 0 Å². The van der Waals surface area contributed by atoms with Crippen LogP contribution in [-0.2, 0) is 4.74 Å². The van der Waals surface area contributed by atoms with E-state index in [1.807, 2.05) is 26.8 Å². The molecule has 0 saturated heterocycles. The number of rotatable bonds is 3. The van der Waals surface area contributed by atoms with E-state index < -0.39 is 5.60 Å². The number of nitrogens with zero attached hydrogens (tertiary/aromatic N) is 1. The molecule has 26 heavy (non-hydrogen) atoms. The molecule has 6 nitrogen and oxygen atoms in total. The summed E-state index contributed by atoms with van der Waals surface area (Å²) in [6, 6.07) is 5.43. The molecule has 2 aliphatic carbocycles. The summed E-state index contributed by atoms with van der Waals surface area (Å²) in [4.78, 5) is 29.0. The lowest BCUT2D eigenvalue weighted by molar-refractivity contribution is 0.0445. The van der Waals surface area contributed by atoms with Gasteiger partial charge in [0.25, 0.3) is 5.91 Å². The predicted octanol–water partition coefficient (Wildman–Crippen LogP) is 3.43. The fourth-order valence-electron chi connectivity index (χ4n) is 4.52. The number of alkyl carbamates (subject to hydrolysis) is 1. The van der Waals surface area contributed by atoms with Gasteiger partial charge in [0.1, 0.15) is 11.3 Å². The summed E-state index contributed by atoms with van der Waals surface area (Å²) in [5.74, 6) is -0.139. The van der Waals surface area contributed by atoms with Crippen LogP contribution in [0.25, 0.3) is 0 Å². The second-order valence-electron chi connectivity index (χ2n) is 8.46. The highest BCUT2D eigenvalue weighted by atomic mass is 16.6. The van der Waals surface area contributed by atoms with Crippen molar-refractivity contribution in [3.8, 4) is 0 Å². The van der Waals surface area contributed by atoms with Crippen LogP contribution >= 0.6 is 0 Å². The van der Waals surface area contributed by atoms with Crippen molar-refractivity contribution < 1.29 is 14.3 Å². The lowest BCUT2D eigenvalue weighted by atomic mass is 9.77. The molecule has 0 aromatic carbocycles. The SMILES string of the molecule is CC(C)(C)OC(=O)NC1CCCC12CCCC2NC(=O)c1ccccn1. The number of hydrogen-bond acceptors (Lipinski definition) is 4. The number of amides is 2. The maximum absolute atomic E-state index is 12.6. The van der Waals surface area contributed by atoms with E-state index in [1.165, 1.54) is 0 Å². The number of carbonyl (C=O) groups excluding carboxylic acids is 2. The van der Waals surface area contributed by atoms with E-state index in [9.17, 15) is 9.59 Å². The lowest BCUT2D eigenvalue weighted by Gasteiger charge is -2.38. The van der Waals surface area contributed by atoms with Crippen LogP contribution in [0.5, 0.6) is 0 Å². The van der Waals surface area contributed by atoms with E-state index in [1.54, 1.807) is 18.3 Å². The molecule has 0 aliphatic heterocycles. The van der Waals surface area contributed by atoms with Gasteiger partial charge in [0.15, 0.2) is 0 Å². The Hall–Kier alpha value is -2.11. The Morgan fingerprint density at radius 1 is 1.12 bits per heavy atom. The molecule has 1 aromatic rings. The summed E-state index contributed by atoms with van der Waals surface area (Å²) < 4.78 is 5.44. The fourth-order valence-corrected chi connectivity index (χ4v) is 4.52. The molecule has 3 atom stereocenters. The molecule has 1 aromatic heterocycles. The Balaban J connectivity index is 1.70. The minimum absolute atomic E-state index is 0.0360. The second-order valence-corrected chi connectivity index (χ2v) is 8.46. The molecule has 6 heteroatoms. The summed E-state index contributed by atoms with van der Waals surface area (Å²) in [6.07, 6.45) is 7.25. The molecule has 142 valence electrons. The third-order valence-corrected chi connectivity index (χ3v) is 5.55. The van der Waals surface area contributed by atoms with Gasteiger partial charge in [-0.3, -0.25) is 9.78 Å². The number of nitrogens with one attached hydrogen (secondary N) is 2. The average molecular weight is 359 g/mol. The van der Waals surface area contributed by atoms with Gasteiger partial charge < -0.3 is 15.4 Å². The molecule has 0 bridgehead atoms. The topological polar surface area (TPSA) is 80.3 Å². The van der Waals surface area contributed by atoms with Crippen LogP contribution in [0.4, 0.5) is 4.79 Å². The van der Waals surface area contributed by atoms with Crippen LogP contribution in [0, 0.1) is 5.41 Å². The van der Waals surface area contributed by atoms with Gasteiger partial charge >= 0.3 is 6.09 Å². The van der Waals surface area contributed by atoms with Gasteiger partial charge in [0, 0.05) is 23.7 Å². The van der Waals surface area contributed by atoms with E-state index >= 15 is 0 Å². The third kappa shape index (κ3) is 4.00. The Morgan fingerprint density at radius 3 is 2.35 bits per heavy atom. The first-order chi connectivity index (χ1) is 12.3. The van der Waals surface area contributed by atoms with Crippen LogP contribution in [0.2, 0.25) is 0 Å². The van der Waals surface area contributed by atoms with Gasteiger partial charge in [-0.15, -0.1) is 0 Å². The van der Waals surface area contributed by atoms with Crippen molar-refractivity contribution in [2.75, 3.05) is 0 Å². The quantitative estimate of drug-likeness (QED) is 0.866. The minimum atomic E-state index is -0.516. The number of pyridine rings is 1. The van der Waals surface area contributed by atoms with Crippen LogP contribution in [-0.4, -0.2) is 34.7 Å². The Kier molecular flexibility index (Phi) is 5.21. The first kappa shape index (κ1) is 18.7. The van der Waals surface area contributed by atoms with Crippen molar-refractivity contribution in [3.05, 3.63) is 30.1 Å². The number of ether oxygens (including phenoxy) is 1. The highest BCUT2D eigenvalue weighted by Crippen LogP contribution is 2.50. The first-order valence-corrected chi connectivity index (χ1v) is 9.52. The van der Waals surface area contributed by atoms with Crippen LogP contribution in [0.1, 0.15) is 69.8 Å². The van der Waals surface area contributed by atoms with Crippen LogP contribution in [0.15, 0.2) is 24.4 Å². The Bertz CT molecular complexity index is 652. The Labute approximate surface area is 155 Å². The van der Waals surface area contributed by atoms with Gasteiger partial charge in [-0.25, -0.2) is 4.79 Å². The Morgan fingerprint density at radius 2 is 1.77 bits per heavy atom. The molecular weight excluding hydrogens is 330 g/mol. The monoisotopic (exact) mass is 359 g/mol. The summed E-state index contributed by atoms with van der Waals surface area (Å²) in [5, 5.41) is 6.27. The number of aromatic nitrogens is 1. The van der Waals surface area contributed by atoms with Gasteiger partial charge in [0.2, 0.25) is 0 Å². The molecule has 2 saturated carbocycles. The zero-order valence-corrected chi connectivity index (χ0v) is 15.9. The molecule has 3 rings (SSSR count). The average Bonchev–Trinajstić information content (AvgIpc) is 3.15. The van der Waals surface area contributed by atoms with Crippen molar-refractivity contribution >= 4 is 12.0 Å². The van der Waals surface area contributed by atoms with Crippen LogP contribution < -0.4 is 10.6 Å². The van der Waals surface area contributed by atoms with Crippen LogP contribution in [0.3, 0.4) is 0 Å². The van der Waals surface area contributed by atoms with Gasteiger partial charge in [-0.1, -0.05) is 18.9 Å². The lowest BCUT2D eigenvalue weighted by Crippen LogP contribution is -2.54. The zero-order valence-electron chi connectivity index (χ0n) is 15.9. The highest BCUT2D eigenvalue weighted by molar-refractivity contribution is 5.92. The maximum Gasteiger partial charge on any atom is 0.407 e. The first-order valence-electron chi connectivity index (χ1n) is 9.52. The molecule has 1 spiro atoms. The van der Waals surface area contributed by atoms with E-state index in [-0.39, 0.29) is 29.5 Å². The summed E-state index contributed by atoms with van der Waals surface area (Å²) >= 11 is 0. The zero-order chi connectivity index (χ0) is 18.8. The summed E-state index contributed by atoms with van der Waals surface area (Å²) in [5.41, 5.74) is -0.163. The summed E-state index contributed by atoms with van der Waals surface area (Å²) in [6.45, 7) is 5.59. The molecule has 2 amide bonds. The van der Waals surface area contributed by atoms with Gasteiger partial charge in [0.05, 0.1) is 0 Å². The molecule has 2 N–H and O–H groups in total. The normalized spacial score (nSPS) is 28.1. The standard InChI is InChI=1S/C20H29N3O3/c1-19(2,3)26-18(25)23-16-10-7-12-20(16)11-6-9-15(20)22-17(24)14-8-4-5-13-21-14/h4-5,8,13,15-16H,6-7,9-12H2,1-3H3,(H,22,24)(H,23,25). The van der Waals surface area contributed by atoms with Crippen molar-refractivity contribution in [1.82, 2.24) is 15.6 Å². The van der Waals surface area contributed by atoms with E-state index in [0.717, 1.165) is 38.5 Å². The number of carbonyl (C=O) groups is 2. The molecular formula is C20H29N3O3. The number of hydrogen-bond donors (Lipinski definition) is 2. The van der Waals surface area contributed by atoms with E-state index in [0.29, 0.717) is 5.69 Å². The molecule has 3 unspecified atom stereocenters. The highest BCUT2D eigenvalue weighted by Gasteiger charge is 2.52. The maximum atomic E-state index is 12.6. The van der Waals surface area contributed by atoms with E-state index in [4.69, 9.17) is 4.74 Å². The van der Waals surface area contributed by atoms with Crippen molar-refractivity contribution in [2.24, 2.45) is 5.41 Å². The van der Waals surface area contributed by atoms with E-state index in [2.05, 4.69) is 15.6 Å². The second kappa shape index (κ2) is 7.25. The smallest absolute Gasteiger partial charge is 0.407 e. The summed E-state index contributed by atoms with van der Waals surface area (Å²) in [7, 11) is 0. The van der Waals surface area contributed by atoms with Crippen molar-refractivity contribution in [2.45, 2.75) is 77.0 Å².